The fourth-order valence-corrected chi connectivity index (χ4v) is 4.46. The summed E-state index contributed by atoms with van der Waals surface area (Å²) in [5.41, 5.74) is -2.19. The molecule has 5 atom stereocenters. The lowest BCUT2D eigenvalue weighted by Gasteiger charge is -2.46. The first kappa shape index (κ1) is 20.0. The number of hydrogen-bond donors (Lipinski definition) is 3. The van der Waals surface area contributed by atoms with Gasteiger partial charge in [-0.1, -0.05) is 25.2 Å². The van der Waals surface area contributed by atoms with Crippen molar-refractivity contribution in [3.8, 4) is 0 Å². The number of allylic oxidation sites excluding steroid dienone is 3. The molecule has 5 heteroatoms. The molecule has 0 aromatic carbocycles. The van der Waals surface area contributed by atoms with Gasteiger partial charge in [0.15, 0.2) is 0 Å². The van der Waals surface area contributed by atoms with Crippen molar-refractivity contribution in [3.05, 3.63) is 23.8 Å². The van der Waals surface area contributed by atoms with Crippen LogP contribution in [-0.4, -0.2) is 45.2 Å². The van der Waals surface area contributed by atoms with E-state index in [1.807, 2.05) is 6.92 Å². The molecular weight excluding hydrogens is 320 g/mol. The Bertz CT molecular complexity index is 573. The molecule has 0 saturated heterocycles. The van der Waals surface area contributed by atoms with Gasteiger partial charge in [-0.2, -0.15) is 0 Å². The maximum absolute atomic E-state index is 11.8. The molecule has 2 fully saturated rings. The van der Waals surface area contributed by atoms with Gasteiger partial charge in [-0.25, -0.2) is 0 Å². The zero-order valence-electron chi connectivity index (χ0n) is 15.3. The maximum atomic E-state index is 11.8. The van der Waals surface area contributed by atoms with Gasteiger partial charge in [-0.05, 0) is 62.9 Å². The Balaban J connectivity index is 2.38. The van der Waals surface area contributed by atoms with E-state index in [1.54, 1.807) is 32.1 Å². The highest BCUT2D eigenvalue weighted by molar-refractivity contribution is 5.76. The van der Waals surface area contributed by atoms with Crippen molar-refractivity contribution < 1.29 is 24.9 Å². The first-order valence-corrected chi connectivity index (χ1v) is 8.97. The molecule has 2 rings (SSSR count). The minimum absolute atomic E-state index is 0.356. The summed E-state index contributed by atoms with van der Waals surface area (Å²) in [4.78, 5) is 23.5. The van der Waals surface area contributed by atoms with Crippen molar-refractivity contribution in [2.75, 3.05) is 0 Å². The molecule has 0 radical (unpaired) electrons. The third kappa shape index (κ3) is 4.27. The number of aliphatic hydroxyl groups is 3. The number of carbonyl (C=O) groups is 2. The molecule has 2 saturated carbocycles. The van der Waals surface area contributed by atoms with Gasteiger partial charge >= 0.3 is 0 Å². The van der Waals surface area contributed by atoms with E-state index in [0.717, 1.165) is 12.6 Å². The van der Waals surface area contributed by atoms with E-state index in [4.69, 9.17) is 0 Å². The van der Waals surface area contributed by atoms with Crippen LogP contribution in [0.15, 0.2) is 23.8 Å². The minimum atomic E-state index is -1.20. The van der Waals surface area contributed by atoms with Crippen LogP contribution in [-0.2, 0) is 9.59 Å². The van der Waals surface area contributed by atoms with Gasteiger partial charge in [-0.3, -0.25) is 4.79 Å². The molecule has 0 aliphatic heterocycles. The molecule has 140 valence electrons. The fraction of sp³-hybridized carbons (Fsp3) is 0.700. The number of rotatable bonds is 5. The lowest BCUT2D eigenvalue weighted by Crippen LogP contribution is -2.51. The average Bonchev–Trinajstić information content (AvgIpc) is 2.60. The molecule has 2 aliphatic rings. The van der Waals surface area contributed by atoms with Crippen LogP contribution < -0.4 is 0 Å². The van der Waals surface area contributed by atoms with Gasteiger partial charge in [0.2, 0.25) is 0 Å². The molecule has 0 aromatic rings. The molecule has 5 nitrogen and oxygen atoms in total. The lowest BCUT2D eigenvalue weighted by atomic mass is 9.63. The van der Waals surface area contributed by atoms with Crippen LogP contribution in [0.2, 0.25) is 0 Å². The quantitative estimate of drug-likeness (QED) is 0.400. The number of hydrogen-bond acceptors (Lipinski definition) is 5. The monoisotopic (exact) mass is 350 g/mol. The molecule has 2 aliphatic carbocycles. The molecule has 0 heterocycles. The Kier molecular flexibility index (Phi) is 5.71. The first-order valence-electron chi connectivity index (χ1n) is 8.97. The summed E-state index contributed by atoms with van der Waals surface area (Å²) in [5.74, 6) is -1.06. The largest absolute Gasteiger partial charge is 0.393 e. The number of carbonyl (C=O) groups excluding carboxylic acids is 2. The summed E-state index contributed by atoms with van der Waals surface area (Å²) < 4.78 is 0. The van der Waals surface area contributed by atoms with E-state index in [9.17, 15) is 24.9 Å². The second-order valence-corrected chi connectivity index (χ2v) is 8.59. The van der Waals surface area contributed by atoms with E-state index in [1.165, 1.54) is 0 Å². The molecule has 0 amide bonds. The molecule has 2 bridgehead atoms. The van der Waals surface area contributed by atoms with Crippen molar-refractivity contribution in [3.63, 3.8) is 0 Å². The van der Waals surface area contributed by atoms with Crippen LogP contribution in [0.1, 0.15) is 52.9 Å². The van der Waals surface area contributed by atoms with E-state index >= 15 is 0 Å². The van der Waals surface area contributed by atoms with Gasteiger partial charge in [0, 0.05) is 0 Å². The maximum Gasteiger partial charge on any atom is 0.146 e. The van der Waals surface area contributed by atoms with E-state index < -0.39 is 34.6 Å². The highest BCUT2D eigenvalue weighted by Gasteiger charge is 2.54. The van der Waals surface area contributed by atoms with Crippen LogP contribution in [0, 0.1) is 17.3 Å². The molecular formula is C20H30O5. The number of aliphatic hydroxyl groups excluding tert-OH is 1. The highest BCUT2D eigenvalue weighted by atomic mass is 16.3. The molecule has 0 spiro atoms. The standard InChI is InChI=1S/C20H30O5/c1-18(2,24)8-4-5-14(11-21)15-6-9-19(3)13-20(25,16(15)12-22)10-7-17(19)23/h4-5,8,11-12,15-17,23-25H,6-7,9-10,13H2,1-3H3/b8-4+,14-5-/t15-,16-,17+,19+,20-/m1/s1. The SMILES string of the molecule is CC(C)(O)/C=C/C=C(/C=O)[C@H]1CC[C@@]2(C)C[C@](O)(CC[C@@H]2O)[C@@H]1C=O. The summed E-state index contributed by atoms with van der Waals surface area (Å²) in [6.07, 6.45) is 8.18. The second-order valence-electron chi connectivity index (χ2n) is 8.59. The zero-order chi connectivity index (χ0) is 18.9. The van der Waals surface area contributed by atoms with Crippen molar-refractivity contribution in [1.29, 1.82) is 0 Å². The van der Waals surface area contributed by atoms with E-state index in [2.05, 4.69) is 0 Å². The number of aldehydes is 2. The third-order valence-electron chi connectivity index (χ3n) is 5.95. The summed E-state index contributed by atoms with van der Waals surface area (Å²) in [6, 6.07) is 0. The topological polar surface area (TPSA) is 94.8 Å². The minimum Gasteiger partial charge on any atom is -0.393 e. The molecule has 3 N–H and O–H groups in total. The normalized spacial score (nSPS) is 39.9. The van der Waals surface area contributed by atoms with E-state index in [0.29, 0.717) is 37.7 Å². The van der Waals surface area contributed by atoms with Crippen molar-refractivity contribution in [2.24, 2.45) is 17.3 Å². The van der Waals surface area contributed by atoms with Gasteiger partial charge < -0.3 is 20.1 Å². The van der Waals surface area contributed by atoms with Crippen LogP contribution in [0.5, 0.6) is 0 Å². The van der Waals surface area contributed by atoms with Gasteiger partial charge in [0.1, 0.15) is 12.6 Å². The zero-order valence-corrected chi connectivity index (χ0v) is 15.3. The summed E-state index contributed by atoms with van der Waals surface area (Å²) >= 11 is 0. The fourth-order valence-electron chi connectivity index (χ4n) is 4.46. The van der Waals surface area contributed by atoms with E-state index in [-0.39, 0.29) is 0 Å². The predicted molar refractivity (Wildman–Crippen MR) is 94.8 cm³/mol. The van der Waals surface area contributed by atoms with Gasteiger partial charge in [-0.15, -0.1) is 0 Å². The van der Waals surface area contributed by atoms with Crippen LogP contribution in [0.3, 0.4) is 0 Å². The Labute approximate surface area is 149 Å². The average molecular weight is 350 g/mol. The van der Waals surface area contributed by atoms with Crippen LogP contribution in [0.25, 0.3) is 0 Å². The summed E-state index contributed by atoms with van der Waals surface area (Å²) in [6.45, 7) is 5.21. The summed E-state index contributed by atoms with van der Waals surface area (Å²) in [7, 11) is 0. The molecule has 0 unspecified atom stereocenters. The van der Waals surface area contributed by atoms with Gasteiger partial charge in [0.05, 0.1) is 23.2 Å². The van der Waals surface area contributed by atoms with Crippen LogP contribution >= 0.6 is 0 Å². The van der Waals surface area contributed by atoms with Crippen molar-refractivity contribution in [2.45, 2.75) is 70.2 Å². The van der Waals surface area contributed by atoms with Crippen molar-refractivity contribution >= 4 is 12.6 Å². The first-order chi connectivity index (χ1) is 11.5. The Morgan fingerprint density at radius 1 is 1.20 bits per heavy atom. The Morgan fingerprint density at radius 2 is 1.88 bits per heavy atom. The Hall–Kier alpha value is -1.30. The molecule has 0 aromatic heterocycles. The highest BCUT2D eigenvalue weighted by Crippen LogP contribution is 2.53. The number of fused-ring (bicyclic) bond motifs is 2. The second kappa shape index (κ2) is 7.14. The van der Waals surface area contributed by atoms with Crippen molar-refractivity contribution in [1.82, 2.24) is 0 Å². The summed E-state index contributed by atoms with van der Waals surface area (Å²) in [5, 5.41) is 31.3. The van der Waals surface area contributed by atoms with Gasteiger partial charge in [0.25, 0.3) is 0 Å². The third-order valence-corrected chi connectivity index (χ3v) is 5.95. The lowest BCUT2D eigenvalue weighted by molar-refractivity contribution is -0.141. The Morgan fingerprint density at radius 3 is 2.44 bits per heavy atom. The molecule has 25 heavy (non-hydrogen) atoms. The van der Waals surface area contributed by atoms with Crippen LogP contribution in [0.4, 0.5) is 0 Å². The predicted octanol–water partition coefficient (Wildman–Crippen LogP) is 1.95. The smallest absolute Gasteiger partial charge is 0.146 e.